The Balaban J connectivity index is 1.80. The molecule has 2 rings (SSSR count). The number of nitrogens with one attached hydrogen (secondary N) is 1. The first-order valence-corrected chi connectivity index (χ1v) is 6.37. The van der Waals surface area contributed by atoms with Crippen LogP contribution in [-0.4, -0.2) is 47.9 Å². The van der Waals surface area contributed by atoms with Gasteiger partial charge in [0.1, 0.15) is 0 Å². The third kappa shape index (κ3) is 2.51. The van der Waals surface area contributed by atoms with Crippen LogP contribution >= 0.6 is 0 Å². The second kappa shape index (κ2) is 4.97. The molecule has 3 heteroatoms. The van der Waals surface area contributed by atoms with Crippen LogP contribution in [0.15, 0.2) is 0 Å². The molecule has 2 heterocycles. The molecular weight excluding hydrogens is 186 g/mol. The van der Waals surface area contributed by atoms with Gasteiger partial charge in [0.05, 0.1) is 5.84 Å². The molecule has 1 atom stereocenters. The molecule has 0 amide bonds. The van der Waals surface area contributed by atoms with Crippen molar-refractivity contribution in [1.29, 1.82) is 5.41 Å². The highest BCUT2D eigenvalue weighted by atomic mass is 15.3. The summed E-state index contributed by atoms with van der Waals surface area (Å²) in [5.41, 5.74) is 0. The zero-order chi connectivity index (χ0) is 10.7. The minimum Gasteiger partial charge on any atom is -0.359 e. The number of amidine groups is 1. The predicted molar refractivity (Wildman–Crippen MR) is 63.4 cm³/mol. The molecule has 0 aromatic heterocycles. The van der Waals surface area contributed by atoms with Crippen molar-refractivity contribution in [3.8, 4) is 0 Å². The monoisotopic (exact) mass is 209 g/mol. The fraction of sp³-hybridized carbons (Fsp3) is 0.917. The Hall–Kier alpha value is -0.570. The van der Waals surface area contributed by atoms with Gasteiger partial charge in [-0.1, -0.05) is 6.92 Å². The van der Waals surface area contributed by atoms with E-state index in [2.05, 4.69) is 16.7 Å². The summed E-state index contributed by atoms with van der Waals surface area (Å²) < 4.78 is 0. The summed E-state index contributed by atoms with van der Waals surface area (Å²) in [5, 5.41) is 7.95. The zero-order valence-corrected chi connectivity index (χ0v) is 9.84. The molecule has 86 valence electrons. The number of likely N-dealkylation sites (tertiary alicyclic amines) is 2. The van der Waals surface area contributed by atoms with E-state index in [-0.39, 0.29) is 0 Å². The van der Waals surface area contributed by atoms with Crippen LogP contribution < -0.4 is 0 Å². The Labute approximate surface area is 92.9 Å². The van der Waals surface area contributed by atoms with Crippen molar-refractivity contribution in [2.75, 3.05) is 26.2 Å². The summed E-state index contributed by atoms with van der Waals surface area (Å²) in [6.45, 7) is 6.96. The fourth-order valence-electron chi connectivity index (χ4n) is 2.79. The highest BCUT2D eigenvalue weighted by Gasteiger charge is 2.29. The van der Waals surface area contributed by atoms with E-state index in [1.165, 1.54) is 32.4 Å². The average Bonchev–Trinajstić information content (AvgIpc) is 2.89. The van der Waals surface area contributed by atoms with E-state index in [0.717, 1.165) is 37.8 Å². The lowest BCUT2D eigenvalue weighted by atomic mass is 10.2. The molecule has 0 aliphatic carbocycles. The van der Waals surface area contributed by atoms with Gasteiger partial charge in [-0.3, -0.25) is 10.3 Å². The Kier molecular flexibility index (Phi) is 3.62. The zero-order valence-electron chi connectivity index (χ0n) is 9.84. The van der Waals surface area contributed by atoms with Gasteiger partial charge >= 0.3 is 0 Å². The van der Waals surface area contributed by atoms with E-state index in [1.54, 1.807) is 0 Å². The second-order valence-electron chi connectivity index (χ2n) is 4.83. The third-order valence-corrected chi connectivity index (χ3v) is 3.69. The molecule has 0 spiro atoms. The van der Waals surface area contributed by atoms with E-state index in [9.17, 15) is 0 Å². The SMILES string of the molecule is CCCC(=N)N1CCC(N2CCCC2)C1. The first-order valence-electron chi connectivity index (χ1n) is 6.37. The molecule has 15 heavy (non-hydrogen) atoms. The van der Waals surface area contributed by atoms with Crippen LogP contribution in [-0.2, 0) is 0 Å². The van der Waals surface area contributed by atoms with Gasteiger partial charge in [0, 0.05) is 25.6 Å². The predicted octanol–water partition coefficient (Wildman–Crippen LogP) is 1.93. The van der Waals surface area contributed by atoms with Crippen LogP contribution in [0, 0.1) is 5.41 Å². The first-order chi connectivity index (χ1) is 7.31. The van der Waals surface area contributed by atoms with Crippen LogP contribution in [0.5, 0.6) is 0 Å². The molecule has 1 unspecified atom stereocenters. The molecule has 0 saturated carbocycles. The van der Waals surface area contributed by atoms with Gasteiger partial charge < -0.3 is 4.90 Å². The first kappa shape index (κ1) is 10.9. The molecular formula is C12H23N3. The number of hydrogen-bond donors (Lipinski definition) is 1. The summed E-state index contributed by atoms with van der Waals surface area (Å²) in [6.07, 6.45) is 6.08. The van der Waals surface area contributed by atoms with Crippen LogP contribution in [0.1, 0.15) is 39.0 Å². The molecule has 1 N–H and O–H groups in total. The van der Waals surface area contributed by atoms with Gasteiger partial charge in [-0.15, -0.1) is 0 Å². The lowest BCUT2D eigenvalue weighted by molar-refractivity contribution is 0.249. The normalized spacial score (nSPS) is 27.5. The van der Waals surface area contributed by atoms with Gasteiger partial charge in [0.2, 0.25) is 0 Å². The fourth-order valence-corrected chi connectivity index (χ4v) is 2.79. The van der Waals surface area contributed by atoms with E-state index in [0.29, 0.717) is 0 Å². The van der Waals surface area contributed by atoms with Crippen molar-refractivity contribution in [3.63, 3.8) is 0 Å². The van der Waals surface area contributed by atoms with Gasteiger partial charge in [0.25, 0.3) is 0 Å². The van der Waals surface area contributed by atoms with Crippen molar-refractivity contribution < 1.29 is 0 Å². The van der Waals surface area contributed by atoms with Crippen molar-refractivity contribution in [1.82, 2.24) is 9.80 Å². The van der Waals surface area contributed by atoms with E-state index < -0.39 is 0 Å². The van der Waals surface area contributed by atoms with Crippen LogP contribution in [0.4, 0.5) is 0 Å². The Morgan fingerprint density at radius 2 is 2.00 bits per heavy atom. The highest BCUT2D eigenvalue weighted by molar-refractivity contribution is 5.79. The van der Waals surface area contributed by atoms with Gasteiger partial charge in [-0.25, -0.2) is 0 Å². The summed E-state index contributed by atoms with van der Waals surface area (Å²) in [7, 11) is 0. The second-order valence-corrected chi connectivity index (χ2v) is 4.83. The van der Waals surface area contributed by atoms with Gasteiger partial charge in [0.15, 0.2) is 0 Å². The van der Waals surface area contributed by atoms with Crippen molar-refractivity contribution in [2.45, 2.75) is 45.1 Å². The Bertz CT molecular complexity index is 221. The quantitative estimate of drug-likeness (QED) is 0.568. The van der Waals surface area contributed by atoms with Crippen LogP contribution in [0.25, 0.3) is 0 Å². The maximum Gasteiger partial charge on any atom is 0.0958 e. The van der Waals surface area contributed by atoms with Crippen molar-refractivity contribution >= 4 is 5.84 Å². The molecule has 0 aromatic carbocycles. The molecule has 2 aliphatic rings. The van der Waals surface area contributed by atoms with Gasteiger partial charge in [-0.05, 0) is 38.8 Å². The minimum atomic E-state index is 0.740. The maximum absolute atomic E-state index is 7.95. The molecule has 0 radical (unpaired) electrons. The largest absolute Gasteiger partial charge is 0.359 e. The average molecular weight is 209 g/mol. The van der Waals surface area contributed by atoms with Crippen molar-refractivity contribution in [3.05, 3.63) is 0 Å². The summed E-state index contributed by atoms with van der Waals surface area (Å²) >= 11 is 0. The number of rotatable bonds is 3. The molecule has 0 aromatic rings. The number of nitrogens with zero attached hydrogens (tertiary/aromatic N) is 2. The Morgan fingerprint density at radius 1 is 1.27 bits per heavy atom. The summed E-state index contributed by atoms with van der Waals surface area (Å²) in [4.78, 5) is 4.91. The third-order valence-electron chi connectivity index (χ3n) is 3.69. The molecule has 0 bridgehead atoms. The van der Waals surface area contributed by atoms with E-state index in [4.69, 9.17) is 5.41 Å². The summed E-state index contributed by atoms with van der Waals surface area (Å²) in [6, 6.07) is 0.740. The smallest absolute Gasteiger partial charge is 0.0958 e. The lowest BCUT2D eigenvalue weighted by Crippen LogP contribution is -2.36. The van der Waals surface area contributed by atoms with E-state index in [1.807, 2.05) is 0 Å². The molecule has 2 aliphatic heterocycles. The minimum absolute atomic E-state index is 0.740. The van der Waals surface area contributed by atoms with E-state index >= 15 is 0 Å². The van der Waals surface area contributed by atoms with Crippen LogP contribution in [0.2, 0.25) is 0 Å². The molecule has 2 saturated heterocycles. The lowest BCUT2D eigenvalue weighted by Gasteiger charge is -2.24. The van der Waals surface area contributed by atoms with Crippen LogP contribution in [0.3, 0.4) is 0 Å². The summed E-state index contributed by atoms with van der Waals surface area (Å²) in [5.74, 6) is 0.860. The highest BCUT2D eigenvalue weighted by Crippen LogP contribution is 2.20. The maximum atomic E-state index is 7.95. The standard InChI is InChI=1S/C12H23N3/c1-2-5-12(13)15-9-6-11(10-15)14-7-3-4-8-14/h11,13H,2-10H2,1H3. The van der Waals surface area contributed by atoms with Crippen molar-refractivity contribution in [2.24, 2.45) is 0 Å². The number of hydrogen-bond acceptors (Lipinski definition) is 2. The molecule has 3 nitrogen and oxygen atoms in total. The topological polar surface area (TPSA) is 30.3 Å². The molecule has 2 fully saturated rings. The van der Waals surface area contributed by atoms with Gasteiger partial charge in [-0.2, -0.15) is 0 Å². The Morgan fingerprint density at radius 3 is 2.67 bits per heavy atom.